The van der Waals surface area contributed by atoms with Crippen LogP contribution in [-0.4, -0.2) is 34.0 Å². The number of benzene rings is 3. The van der Waals surface area contributed by atoms with Crippen LogP contribution in [0.25, 0.3) is 0 Å². The van der Waals surface area contributed by atoms with Crippen molar-refractivity contribution in [2.75, 3.05) is 10.6 Å². The maximum atomic E-state index is 12.5. The second-order valence-electron chi connectivity index (χ2n) is 8.46. The van der Waals surface area contributed by atoms with Crippen molar-refractivity contribution in [3.63, 3.8) is 0 Å². The van der Waals surface area contributed by atoms with Gasteiger partial charge in [-0.15, -0.1) is 0 Å². The highest BCUT2D eigenvalue weighted by Crippen LogP contribution is 2.24. The van der Waals surface area contributed by atoms with Gasteiger partial charge in [-0.3, -0.25) is 9.59 Å². The zero-order valence-corrected chi connectivity index (χ0v) is 19.7. The third-order valence-electron chi connectivity index (χ3n) is 5.83. The first-order chi connectivity index (χ1) is 17.8. The molecule has 0 spiro atoms. The molecule has 0 aromatic heterocycles. The average Bonchev–Trinajstić information content (AvgIpc) is 2.91. The third kappa shape index (κ3) is 6.18. The van der Waals surface area contributed by atoms with Crippen LogP contribution in [0, 0.1) is 0 Å². The maximum absolute atomic E-state index is 12.5. The molecule has 3 aromatic rings. The minimum absolute atomic E-state index is 0.0727. The van der Waals surface area contributed by atoms with Gasteiger partial charge in [-0.2, -0.15) is 0 Å². The highest BCUT2D eigenvalue weighted by molar-refractivity contribution is 6.09. The minimum atomic E-state index is -1.21. The van der Waals surface area contributed by atoms with Gasteiger partial charge in [0.25, 0.3) is 11.8 Å². The second-order valence-corrected chi connectivity index (χ2v) is 8.46. The number of allylic oxidation sites excluding steroid dienone is 2. The number of rotatable bonds is 8. The number of carbonyl (C=O) groups is 4. The predicted molar refractivity (Wildman–Crippen MR) is 139 cm³/mol. The molecule has 0 fully saturated rings. The van der Waals surface area contributed by atoms with Crippen molar-refractivity contribution in [2.45, 2.75) is 19.3 Å². The fourth-order valence-corrected chi connectivity index (χ4v) is 3.97. The van der Waals surface area contributed by atoms with E-state index in [1.807, 2.05) is 6.08 Å². The fourth-order valence-electron chi connectivity index (χ4n) is 3.97. The van der Waals surface area contributed by atoms with Crippen molar-refractivity contribution in [2.24, 2.45) is 0 Å². The molecule has 0 atom stereocenters. The summed E-state index contributed by atoms with van der Waals surface area (Å²) in [4.78, 5) is 48.8. The van der Waals surface area contributed by atoms with E-state index < -0.39 is 17.8 Å². The van der Waals surface area contributed by atoms with Crippen LogP contribution in [0.5, 0.6) is 0 Å². The average molecular weight is 497 g/mol. The monoisotopic (exact) mass is 496 g/mol. The molecule has 0 unspecified atom stereocenters. The molecule has 8 nitrogen and oxygen atoms in total. The van der Waals surface area contributed by atoms with Gasteiger partial charge < -0.3 is 20.8 Å². The molecule has 0 saturated heterocycles. The van der Waals surface area contributed by atoms with E-state index in [1.165, 1.54) is 24.3 Å². The lowest BCUT2D eigenvalue weighted by Crippen LogP contribution is -2.17. The molecular formula is C29H24N2O6. The zero-order chi connectivity index (χ0) is 26.4. The number of hydrogen-bond acceptors (Lipinski definition) is 4. The molecule has 8 heteroatoms. The van der Waals surface area contributed by atoms with Crippen LogP contribution in [0.3, 0.4) is 0 Å². The van der Waals surface area contributed by atoms with Gasteiger partial charge in [0.1, 0.15) is 0 Å². The van der Waals surface area contributed by atoms with E-state index in [2.05, 4.69) is 10.6 Å². The molecule has 0 saturated carbocycles. The lowest BCUT2D eigenvalue weighted by molar-refractivity contribution is -0.112. The summed E-state index contributed by atoms with van der Waals surface area (Å²) in [5.41, 5.74) is 2.27. The number of anilines is 2. The van der Waals surface area contributed by atoms with Gasteiger partial charge in [-0.05, 0) is 66.8 Å². The van der Waals surface area contributed by atoms with Gasteiger partial charge in [-0.1, -0.05) is 48.6 Å². The number of carbonyl (C=O) groups excluding carboxylic acids is 2. The Hall–Kier alpha value is -4.98. The molecule has 4 rings (SSSR count). The quantitative estimate of drug-likeness (QED) is 0.341. The number of carboxylic acids is 2. The predicted octanol–water partition coefficient (Wildman–Crippen LogP) is 5.14. The number of hydrogen-bond donors (Lipinski definition) is 4. The lowest BCUT2D eigenvalue weighted by Gasteiger charge is -2.13. The van der Waals surface area contributed by atoms with Crippen molar-refractivity contribution in [1.82, 2.24) is 0 Å². The van der Waals surface area contributed by atoms with Crippen LogP contribution in [0.2, 0.25) is 0 Å². The first kappa shape index (κ1) is 25.1. The van der Waals surface area contributed by atoms with Crippen LogP contribution < -0.4 is 10.6 Å². The number of carboxylic acid groups (broad SMARTS) is 2. The van der Waals surface area contributed by atoms with Crippen molar-refractivity contribution in [3.05, 3.63) is 118 Å². The number of nitrogens with one attached hydrogen (secondary N) is 2. The Morgan fingerprint density at radius 2 is 1.27 bits per heavy atom. The van der Waals surface area contributed by atoms with Crippen molar-refractivity contribution < 1.29 is 29.4 Å². The van der Waals surface area contributed by atoms with Crippen LogP contribution in [0.15, 0.2) is 90.5 Å². The summed E-state index contributed by atoms with van der Waals surface area (Å²) in [6.45, 7) is 0. The molecule has 186 valence electrons. The van der Waals surface area contributed by atoms with Crippen LogP contribution >= 0.6 is 0 Å². The Kier molecular flexibility index (Phi) is 7.59. The van der Waals surface area contributed by atoms with Crippen LogP contribution in [0.4, 0.5) is 11.4 Å². The molecule has 4 N–H and O–H groups in total. The van der Waals surface area contributed by atoms with Gasteiger partial charge in [-0.25, -0.2) is 9.59 Å². The largest absolute Gasteiger partial charge is 0.478 e. The third-order valence-corrected chi connectivity index (χ3v) is 5.83. The van der Waals surface area contributed by atoms with Crippen LogP contribution in [0.1, 0.15) is 55.0 Å². The molecule has 0 radical (unpaired) electrons. The Balaban J connectivity index is 1.54. The summed E-state index contributed by atoms with van der Waals surface area (Å²) in [6.07, 6.45) is 7.25. The summed E-state index contributed by atoms with van der Waals surface area (Å²) in [6, 6.07) is 17.7. The van der Waals surface area contributed by atoms with E-state index in [-0.39, 0.29) is 34.8 Å². The fraction of sp³-hybridized carbons (Fsp3) is 0.103. The molecule has 37 heavy (non-hydrogen) atoms. The summed E-state index contributed by atoms with van der Waals surface area (Å²) in [5.74, 6) is -3.22. The van der Waals surface area contributed by atoms with E-state index in [4.69, 9.17) is 0 Å². The molecule has 0 bridgehead atoms. The van der Waals surface area contributed by atoms with Gasteiger partial charge in [0.15, 0.2) is 0 Å². The molecule has 0 aliphatic heterocycles. The minimum Gasteiger partial charge on any atom is -0.478 e. The molecule has 1 aliphatic carbocycles. The van der Waals surface area contributed by atoms with E-state index >= 15 is 0 Å². The van der Waals surface area contributed by atoms with E-state index in [0.717, 1.165) is 12.8 Å². The zero-order valence-electron chi connectivity index (χ0n) is 19.7. The van der Waals surface area contributed by atoms with Crippen LogP contribution in [-0.2, 0) is 11.2 Å². The van der Waals surface area contributed by atoms with E-state index in [1.54, 1.807) is 54.6 Å². The molecule has 3 aromatic carbocycles. The molecule has 2 amide bonds. The first-order valence-electron chi connectivity index (χ1n) is 11.6. The standard InChI is InChI=1S/C29H24N2O6/c32-26(20-7-3-1-4-8-20)30-24-13-11-18(16-22(24)28(34)35)15-19-12-14-25(23(17-19)29(36)37)31-27(33)21-9-5-2-6-10-21/h1,3-5,7-14,16-17H,2,6,15H2,(H,30,32)(H,31,33)(H,34,35)(H,36,37). The van der Waals surface area contributed by atoms with Crippen molar-refractivity contribution in [3.8, 4) is 0 Å². The topological polar surface area (TPSA) is 133 Å². The van der Waals surface area contributed by atoms with Gasteiger partial charge in [0, 0.05) is 11.1 Å². The normalized spacial score (nSPS) is 12.4. The maximum Gasteiger partial charge on any atom is 0.337 e. The Labute approximate surface area is 213 Å². The molecule has 0 heterocycles. The number of aromatic carboxylic acids is 2. The van der Waals surface area contributed by atoms with E-state index in [0.29, 0.717) is 22.3 Å². The highest BCUT2D eigenvalue weighted by atomic mass is 16.4. The van der Waals surface area contributed by atoms with Crippen molar-refractivity contribution >= 4 is 35.1 Å². The summed E-state index contributed by atoms with van der Waals surface area (Å²) in [5, 5.41) is 24.7. The van der Waals surface area contributed by atoms with Gasteiger partial charge in [0.2, 0.25) is 0 Å². The lowest BCUT2D eigenvalue weighted by atomic mass is 9.99. The summed E-state index contributed by atoms with van der Waals surface area (Å²) in [7, 11) is 0. The Morgan fingerprint density at radius 3 is 1.78 bits per heavy atom. The highest BCUT2D eigenvalue weighted by Gasteiger charge is 2.18. The van der Waals surface area contributed by atoms with Gasteiger partial charge in [0.05, 0.1) is 22.5 Å². The summed E-state index contributed by atoms with van der Waals surface area (Å²) >= 11 is 0. The summed E-state index contributed by atoms with van der Waals surface area (Å²) < 4.78 is 0. The van der Waals surface area contributed by atoms with Crippen molar-refractivity contribution in [1.29, 1.82) is 0 Å². The van der Waals surface area contributed by atoms with E-state index in [9.17, 15) is 29.4 Å². The molecular weight excluding hydrogens is 472 g/mol. The molecule has 1 aliphatic rings. The smallest absolute Gasteiger partial charge is 0.337 e. The number of amides is 2. The first-order valence-corrected chi connectivity index (χ1v) is 11.6. The SMILES string of the molecule is O=C(Nc1ccc(Cc2ccc(NC(=O)c3ccccc3)c(C(=O)O)c2)cc1C(=O)O)C1=CCCC=C1. The second kappa shape index (κ2) is 11.2. The Bertz CT molecular complexity index is 1440. The van der Waals surface area contributed by atoms with Gasteiger partial charge >= 0.3 is 11.9 Å². The Morgan fingerprint density at radius 1 is 0.703 bits per heavy atom.